The van der Waals surface area contributed by atoms with E-state index in [2.05, 4.69) is 16.1 Å². The second-order valence-electron chi connectivity index (χ2n) is 4.59. The summed E-state index contributed by atoms with van der Waals surface area (Å²) in [6.45, 7) is 2.48. The summed E-state index contributed by atoms with van der Waals surface area (Å²) in [5.41, 5.74) is 8.14. The lowest BCUT2D eigenvalue weighted by atomic mass is 10.1. The van der Waals surface area contributed by atoms with Crippen LogP contribution in [0, 0.1) is 11.3 Å². The van der Waals surface area contributed by atoms with Gasteiger partial charge in [-0.3, -0.25) is 4.68 Å². The predicted octanol–water partition coefficient (Wildman–Crippen LogP) is 1.47. The van der Waals surface area contributed by atoms with Gasteiger partial charge in [-0.15, -0.1) is 0 Å². The minimum Gasteiger partial charge on any atom is -0.396 e. The zero-order valence-corrected chi connectivity index (χ0v) is 11.0. The van der Waals surface area contributed by atoms with Gasteiger partial charge in [0.25, 0.3) is 0 Å². The van der Waals surface area contributed by atoms with Crippen molar-refractivity contribution >= 4 is 5.69 Å². The molecule has 2 rings (SSSR count). The van der Waals surface area contributed by atoms with E-state index in [-0.39, 0.29) is 0 Å². The van der Waals surface area contributed by atoms with Crippen molar-refractivity contribution in [1.29, 1.82) is 5.26 Å². The van der Waals surface area contributed by atoms with Gasteiger partial charge in [-0.2, -0.15) is 10.4 Å². The zero-order valence-electron chi connectivity index (χ0n) is 11.0. The van der Waals surface area contributed by atoms with Crippen LogP contribution in [0.5, 0.6) is 0 Å². The van der Waals surface area contributed by atoms with Crippen LogP contribution in [0.25, 0.3) is 0 Å². The van der Waals surface area contributed by atoms with E-state index < -0.39 is 0 Å². The molecule has 2 N–H and O–H groups in total. The Morgan fingerprint density at radius 3 is 3.00 bits per heavy atom. The van der Waals surface area contributed by atoms with Gasteiger partial charge in [0.15, 0.2) is 0 Å². The molecule has 0 bridgehead atoms. The normalized spacial score (nSPS) is 10.6. The van der Waals surface area contributed by atoms with Crippen molar-refractivity contribution in [3.05, 3.63) is 47.8 Å². The molecule has 5 heteroatoms. The van der Waals surface area contributed by atoms with Crippen molar-refractivity contribution < 1.29 is 0 Å². The molecule has 0 saturated heterocycles. The first-order valence-corrected chi connectivity index (χ1v) is 6.13. The highest BCUT2D eigenvalue weighted by Crippen LogP contribution is 2.07. The second-order valence-corrected chi connectivity index (χ2v) is 4.59. The molecule has 1 heterocycles. The Morgan fingerprint density at radius 1 is 1.47 bits per heavy atom. The Hall–Kier alpha value is -2.32. The molecule has 0 aliphatic carbocycles. The summed E-state index contributed by atoms with van der Waals surface area (Å²) in [6.07, 6.45) is 3.47. The fraction of sp³-hybridized carbons (Fsp3) is 0.286. The number of hydrogen-bond acceptors (Lipinski definition) is 4. The molecule has 0 spiro atoms. The first-order valence-electron chi connectivity index (χ1n) is 6.13. The highest BCUT2D eigenvalue weighted by molar-refractivity contribution is 5.32. The Bertz CT molecular complexity index is 582. The molecule has 5 nitrogen and oxygen atoms in total. The van der Waals surface area contributed by atoms with E-state index in [4.69, 9.17) is 11.0 Å². The molecule has 2 aromatic rings. The lowest BCUT2D eigenvalue weighted by Crippen LogP contribution is -2.23. The van der Waals surface area contributed by atoms with Crippen LogP contribution in [0.15, 0.2) is 36.7 Å². The molecule has 0 aliphatic heterocycles. The number of anilines is 1. The molecule has 0 aliphatic rings. The maximum absolute atomic E-state index is 8.86. The maximum atomic E-state index is 8.86. The summed E-state index contributed by atoms with van der Waals surface area (Å²) in [6, 6.07) is 9.83. The van der Waals surface area contributed by atoms with E-state index in [9.17, 15) is 0 Å². The smallest absolute Gasteiger partial charge is 0.0991 e. The summed E-state index contributed by atoms with van der Waals surface area (Å²) >= 11 is 0. The number of nitriles is 1. The zero-order chi connectivity index (χ0) is 13.7. The van der Waals surface area contributed by atoms with Crippen molar-refractivity contribution in [2.75, 3.05) is 19.3 Å². The topological polar surface area (TPSA) is 70.9 Å². The fourth-order valence-electron chi connectivity index (χ4n) is 1.90. The largest absolute Gasteiger partial charge is 0.396 e. The summed E-state index contributed by atoms with van der Waals surface area (Å²) in [5, 5.41) is 13.0. The summed E-state index contributed by atoms with van der Waals surface area (Å²) in [7, 11) is 2.05. The number of likely N-dealkylation sites (N-methyl/N-ethyl adjacent to an activating group) is 1. The van der Waals surface area contributed by atoms with Crippen LogP contribution in [0.1, 0.15) is 11.1 Å². The van der Waals surface area contributed by atoms with Gasteiger partial charge in [-0.05, 0) is 24.7 Å². The van der Waals surface area contributed by atoms with Gasteiger partial charge < -0.3 is 10.6 Å². The molecule has 1 aromatic heterocycles. The van der Waals surface area contributed by atoms with Crippen LogP contribution in [0.4, 0.5) is 5.69 Å². The third-order valence-electron chi connectivity index (χ3n) is 2.87. The van der Waals surface area contributed by atoms with Crippen LogP contribution in [0.2, 0.25) is 0 Å². The third-order valence-corrected chi connectivity index (χ3v) is 2.87. The van der Waals surface area contributed by atoms with Crippen molar-refractivity contribution in [2.24, 2.45) is 0 Å². The molecule has 0 saturated carbocycles. The average Bonchev–Trinajstić information content (AvgIpc) is 2.82. The Balaban J connectivity index is 1.87. The molecule has 1 aromatic carbocycles. The number of nitrogens with zero attached hydrogens (tertiary/aromatic N) is 4. The lowest BCUT2D eigenvalue weighted by Gasteiger charge is -2.16. The monoisotopic (exact) mass is 255 g/mol. The van der Waals surface area contributed by atoms with Crippen molar-refractivity contribution in [3.8, 4) is 6.07 Å². The van der Waals surface area contributed by atoms with Crippen LogP contribution in [0.3, 0.4) is 0 Å². The Labute approximate surface area is 112 Å². The number of nitrogen functional groups attached to an aromatic ring is 1. The number of hydrogen-bond donors (Lipinski definition) is 1. The molecule has 0 fully saturated rings. The van der Waals surface area contributed by atoms with Crippen LogP contribution < -0.4 is 5.73 Å². The first kappa shape index (κ1) is 13.1. The molecule has 0 amide bonds. The predicted molar refractivity (Wildman–Crippen MR) is 74.1 cm³/mol. The molecule has 19 heavy (non-hydrogen) atoms. The summed E-state index contributed by atoms with van der Waals surface area (Å²) in [4.78, 5) is 2.19. The second kappa shape index (κ2) is 6.03. The SMILES string of the molecule is CN(CCn1cc(N)cn1)Cc1cccc(C#N)c1. The minimum atomic E-state index is 0.685. The lowest BCUT2D eigenvalue weighted by molar-refractivity contribution is 0.305. The standard InChI is InChI=1S/C14H17N5/c1-18(5-6-19-11-14(16)9-17-19)10-13-4-2-3-12(7-13)8-15/h2-4,7,9,11H,5-6,10,16H2,1H3. The number of nitrogens with two attached hydrogens (primary N) is 1. The molecule has 98 valence electrons. The molecular formula is C14H17N5. The Kier molecular flexibility index (Phi) is 4.16. The van der Waals surface area contributed by atoms with Gasteiger partial charge in [0.05, 0.1) is 30.1 Å². The van der Waals surface area contributed by atoms with Gasteiger partial charge in [-0.1, -0.05) is 12.1 Å². The molecule has 0 unspecified atom stereocenters. The minimum absolute atomic E-state index is 0.685. The van der Waals surface area contributed by atoms with E-state index in [0.29, 0.717) is 11.3 Å². The van der Waals surface area contributed by atoms with E-state index in [1.165, 1.54) is 0 Å². The van der Waals surface area contributed by atoms with Gasteiger partial charge >= 0.3 is 0 Å². The van der Waals surface area contributed by atoms with Gasteiger partial charge in [0.1, 0.15) is 0 Å². The van der Waals surface area contributed by atoms with Gasteiger partial charge in [0, 0.05) is 19.3 Å². The van der Waals surface area contributed by atoms with Crippen LogP contribution in [-0.2, 0) is 13.1 Å². The average molecular weight is 255 g/mol. The summed E-state index contributed by atoms with van der Waals surface area (Å²) in [5.74, 6) is 0. The number of rotatable bonds is 5. The fourth-order valence-corrected chi connectivity index (χ4v) is 1.90. The quantitative estimate of drug-likeness (QED) is 0.878. The number of aromatic nitrogens is 2. The highest BCUT2D eigenvalue weighted by Gasteiger charge is 2.02. The third kappa shape index (κ3) is 3.83. The van der Waals surface area contributed by atoms with Gasteiger partial charge in [-0.25, -0.2) is 0 Å². The van der Waals surface area contributed by atoms with E-state index in [0.717, 1.165) is 25.2 Å². The first-order chi connectivity index (χ1) is 9.17. The van der Waals surface area contributed by atoms with Crippen molar-refractivity contribution in [1.82, 2.24) is 14.7 Å². The van der Waals surface area contributed by atoms with Crippen molar-refractivity contribution in [3.63, 3.8) is 0 Å². The van der Waals surface area contributed by atoms with E-state index in [1.54, 1.807) is 6.20 Å². The van der Waals surface area contributed by atoms with Gasteiger partial charge in [0.2, 0.25) is 0 Å². The van der Waals surface area contributed by atoms with E-state index in [1.807, 2.05) is 42.2 Å². The molecule has 0 atom stereocenters. The van der Waals surface area contributed by atoms with Crippen LogP contribution in [-0.4, -0.2) is 28.3 Å². The molecule has 0 radical (unpaired) electrons. The van der Waals surface area contributed by atoms with Crippen molar-refractivity contribution in [2.45, 2.75) is 13.1 Å². The van der Waals surface area contributed by atoms with Crippen LogP contribution >= 0.6 is 0 Å². The molecular weight excluding hydrogens is 238 g/mol. The highest BCUT2D eigenvalue weighted by atomic mass is 15.3. The van der Waals surface area contributed by atoms with E-state index >= 15 is 0 Å². The number of benzene rings is 1. The summed E-state index contributed by atoms with van der Waals surface area (Å²) < 4.78 is 1.83. The Morgan fingerprint density at radius 2 is 2.32 bits per heavy atom. The maximum Gasteiger partial charge on any atom is 0.0991 e.